The van der Waals surface area contributed by atoms with Gasteiger partial charge >= 0.3 is 0 Å². The topological polar surface area (TPSA) is 65.8 Å². The van der Waals surface area contributed by atoms with Crippen molar-refractivity contribution in [2.24, 2.45) is 5.92 Å². The summed E-state index contributed by atoms with van der Waals surface area (Å²) in [4.78, 5) is 28.7. The normalized spacial score (nSPS) is 14.1. The first-order chi connectivity index (χ1) is 16.8. The molecule has 0 unspecified atom stereocenters. The second kappa shape index (κ2) is 11.0. The molecule has 8 heteroatoms. The predicted molar refractivity (Wildman–Crippen MR) is 142 cm³/mol. The number of nitrogens with one attached hydrogen (secondary N) is 1. The number of rotatable bonds is 6. The summed E-state index contributed by atoms with van der Waals surface area (Å²) in [6.07, 6.45) is 3.03. The Morgan fingerprint density at radius 2 is 1.69 bits per heavy atom. The van der Waals surface area contributed by atoms with Crippen molar-refractivity contribution < 1.29 is 14.0 Å². The average Bonchev–Trinajstić information content (AvgIpc) is 3.31. The van der Waals surface area contributed by atoms with Crippen LogP contribution in [0, 0.1) is 5.92 Å². The van der Waals surface area contributed by atoms with Gasteiger partial charge in [-0.3, -0.25) is 9.59 Å². The first kappa shape index (κ1) is 24.9. The summed E-state index contributed by atoms with van der Waals surface area (Å²) in [5, 5.41) is 3.90. The molecule has 0 atom stereocenters. The number of piperazine rings is 1. The van der Waals surface area contributed by atoms with Crippen molar-refractivity contribution in [3.63, 3.8) is 0 Å². The second-order valence-electron chi connectivity index (χ2n) is 8.66. The minimum atomic E-state index is -0.263. The average molecular weight is 512 g/mol. The molecule has 3 aromatic rings. The van der Waals surface area contributed by atoms with E-state index in [2.05, 4.69) is 10.2 Å². The third kappa shape index (κ3) is 6.27. The number of benzene rings is 2. The van der Waals surface area contributed by atoms with Crippen molar-refractivity contribution >= 4 is 52.5 Å². The first-order valence-electron chi connectivity index (χ1n) is 11.5. The van der Waals surface area contributed by atoms with Crippen LogP contribution in [0.1, 0.15) is 19.6 Å². The molecule has 1 aliphatic heterocycles. The number of anilines is 2. The molecule has 2 heterocycles. The Balaban J connectivity index is 1.31. The maximum Gasteiger partial charge on any atom is 0.248 e. The molecule has 2 amide bonds. The number of halogens is 2. The minimum absolute atomic E-state index is 0.0234. The Hall–Kier alpha value is -3.22. The fraction of sp³-hybridized carbons (Fsp3) is 0.259. The van der Waals surface area contributed by atoms with Crippen molar-refractivity contribution in [3.05, 3.63) is 76.5 Å². The summed E-state index contributed by atoms with van der Waals surface area (Å²) in [6, 6.07) is 16.5. The Bertz CT molecular complexity index is 1230. The van der Waals surface area contributed by atoms with Crippen LogP contribution in [-0.2, 0) is 9.59 Å². The van der Waals surface area contributed by atoms with Crippen LogP contribution in [0.25, 0.3) is 17.4 Å². The lowest BCUT2D eigenvalue weighted by Crippen LogP contribution is -2.49. The van der Waals surface area contributed by atoms with Gasteiger partial charge in [-0.1, -0.05) is 37.0 Å². The standard InChI is InChI=1S/C27H27Cl2N3O3/c1-18(2)27(34)32-15-13-31(14-16-32)21-6-4-20(5-7-21)30-26(33)12-9-22-8-11-25(35-22)23-10-3-19(28)17-24(23)29/h3-12,17-18H,13-16H2,1-2H3,(H,30,33)/b12-9+. The van der Waals surface area contributed by atoms with E-state index < -0.39 is 0 Å². The molecular weight excluding hydrogens is 485 g/mol. The lowest BCUT2D eigenvalue weighted by Gasteiger charge is -2.37. The smallest absolute Gasteiger partial charge is 0.248 e. The molecule has 6 nitrogen and oxygen atoms in total. The molecule has 4 rings (SSSR count). The molecule has 182 valence electrons. The van der Waals surface area contributed by atoms with Crippen LogP contribution >= 0.6 is 23.2 Å². The van der Waals surface area contributed by atoms with Crippen LogP contribution in [0.2, 0.25) is 10.0 Å². The molecule has 35 heavy (non-hydrogen) atoms. The van der Waals surface area contributed by atoms with Crippen molar-refractivity contribution in [2.75, 3.05) is 36.4 Å². The van der Waals surface area contributed by atoms with Crippen LogP contribution in [0.4, 0.5) is 11.4 Å². The summed E-state index contributed by atoms with van der Waals surface area (Å²) in [6.45, 7) is 6.89. The number of amides is 2. The van der Waals surface area contributed by atoms with E-state index in [4.69, 9.17) is 27.6 Å². The highest BCUT2D eigenvalue weighted by Gasteiger charge is 2.22. The van der Waals surface area contributed by atoms with Crippen LogP contribution in [-0.4, -0.2) is 42.9 Å². The molecule has 0 aliphatic carbocycles. The summed E-state index contributed by atoms with van der Waals surface area (Å²) >= 11 is 12.2. The molecule has 2 aromatic carbocycles. The monoisotopic (exact) mass is 511 g/mol. The Labute approximate surface area is 215 Å². The fourth-order valence-corrected chi connectivity index (χ4v) is 4.43. The molecular formula is C27H27Cl2N3O3. The van der Waals surface area contributed by atoms with E-state index in [0.717, 1.165) is 37.4 Å². The van der Waals surface area contributed by atoms with Crippen LogP contribution in [0.5, 0.6) is 0 Å². The molecule has 0 bridgehead atoms. The Kier molecular flexibility index (Phi) is 7.83. The van der Waals surface area contributed by atoms with Gasteiger partial charge in [0.2, 0.25) is 11.8 Å². The van der Waals surface area contributed by atoms with Gasteiger partial charge in [0.1, 0.15) is 11.5 Å². The van der Waals surface area contributed by atoms with Gasteiger partial charge in [0.25, 0.3) is 0 Å². The Morgan fingerprint density at radius 3 is 2.34 bits per heavy atom. The highest BCUT2D eigenvalue weighted by Crippen LogP contribution is 2.31. The van der Waals surface area contributed by atoms with Crippen LogP contribution in [0.3, 0.4) is 0 Å². The van der Waals surface area contributed by atoms with E-state index >= 15 is 0 Å². The first-order valence-corrected chi connectivity index (χ1v) is 12.2. The lowest BCUT2D eigenvalue weighted by molar-refractivity contribution is -0.134. The number of hydrogen-bond acceptors (Lipinski definition) is 4. The quantitative estimate of drug-likeness (QED) is 0.399. The number of carbonyl (C=O) groups excluding carboxylic acids is 2. The molecule has 1 saturated heterocycles. The molecule has 1 N–H and O–H groups in total. The number of hydrogen-bond donors (Lipinski definition) is 1. The number of furan rings is 1. The van der Waals surface area contributed by atoms with Crippen molar-refractivity contribution in [1.29, 1.82) is 0 Å². The van der Waals surface area contributed by atoms with E-state index in [9.17, 15) is 9.59 Å². The fourth-order valence-electron chi connectivity index (χ4n) is 3.92. The van der Waals surface area contributed by atoms with E-state index in [1.165, 1.54) is 6.08 Å². The molecule has 1 aliphatic rings. The zero-order valence-corrected chi connectivity index (χ0v) is 21.1. The predicted octanol–water partition coefficient (Wildman–Crippen LogP) is 6.21. The summed E-state index contributed by atoms with van der Waals surface area (Å²) in [5.74, 6) is 1.09. The summed E-state index contributed by atoms with van der Waals surface area (Å²) in [7, 11) is 0. The van der Waals surface area contributed by atoms with Gasteiger partial charge in [-0.25, -0.2) is 0 Å². The van der Waals surface area contributed by atoms with E-state index in [-0.39, 0.29) is 17.7 Å². The zero-order chi connectivity index (χ0) is 24.9. The highest BCUT2D eigenvalue weighted by atomic mass is 35.5. The summed E-state index contributed by atoms with van der Waals surface area (Å²) < 4.78 is 5.78. The third-order valence-corrected chi connectivity index (χ3v) is 6.36. The number of carbonyl (C=O) groups is 2. The Morgan fingerprint density at radius 1 is 0.971 bits per heavy atom. The maximum absolute atomic E-state index is 12.4. The molecule has 1 fully saturated rings. The molecule has 0 saturated carbocycles. The third-order valence-electron chi connectivity index (χ3n) is 5.81. The van der Waals surface area contributed by atoms with E-state index in [0.29, 0.717) is 27.3 Å². The van der Waals surface area contributed by atoms with Crippen molar-refractivity contribution in [3.8, 4) is 11.3 Å². The molecule has 1 aromatic heterocycles. The van der Waals surface area contributed by atoms with Gasteiger partial charge < -0.3 is 19.5 Å². The maximum atomic E-state index is 12.4. The van der Waals surface area contributed by atoms with Crippen molar-refractivity contribution in [2.45, 2.75) is 13.8 Å². The van der Waals surface area contributed by atoms with Gasteiger partial charge in [0, 0.05) is 60.1 Å². The highest BCUT2D eigenvalue weighted by molar-refractivity contribution is 6.36. The van der Waals surface area contributed by atoms with Gasteiger partial charge in [-0.05, 0) is 60.7 Å². The SMILES string of the molecule is CC(C)C(=O)N1CCN(c2ccc(NC(=O)/C=C/c3ccc(-c4ccc(Cl)cc4Cl)o3)cc2)CC1. The van der Waals surface area contributed by atoms with Crippen LogP contribution < -0.4 is 10.2 Å². The van der Waals surface area contributed by atoms with Gasteiger partial charge in [0.15, 0.2) is 0 Å². The van der Waals surface area contributed by atoms with E-state index in [1.807, 2.05) is 43.0 Å². The number of nitrogens with zero attached hydrogens (tertiary/aromatic N) is 2. The summed E-state index contributed by atoms with van der Waals surface area (Å²) in [5.41, 5.74) is 2.50. The second-order valence-corrected chi connectivity index (χ2v) is 9.51. The largest absolute Gasteiger partial charge is 0.457 e. The van der Waals surface area contributed by atoms with E-state index in [1.54, 1.807) is 36.4 Å². The van der Waals surface area contributed by atoms with Gasteiger partial charge in [0.05, 0.1) is 5.02 Å². The minimum Gasteiger partial charge on any atom is -0.457 e. The van der Waals surface area contributed by atoms with Gasteiger partial charge in [-0.15, -0.1) is 0 Å². The zero-order valence-electron chi connectivity index (χ0n) is 19.6. The molecule has 0 spiro atoms. The molecule has 0 radical (unpaired) electrons. The van der Waals surface area contributed by atoms with Gasteiger partial charge in [-0.2, -0.15) is 0 Å². The van der Waals surface area contributed by atoms with Crippen molar-refractivity contribution in [1.82, 2.24) is 4.90 Å². The lowest BCUT2D eigenvalue weighted by atomic mass is 10.1. The van der Waals surface area contributed by atoms with Crippen LogP contribution in [0.15, 0.2) is 65.1 Å².